The van der Waals surface area contributed by atoms with Crippen LogP contribution in [0.25, 0.3) is 0 Å². The van der Waals surface area contributed by atoms with Crippen LogP contribution in [0.4, 0.5) is 0 Å². The van der Waals surface area contributed by atoms with Crippen LogP contribution in [0, 0.1) is 13.8 Å². The summed E-state index contributed by atoms with van der Waals surface area (Å²) in [6, 6.07) is 0. The van der Waals surface area contributed by atoms with Crippen LogP contribution in [0.5, 0.6) is 0 Å². The molecule has 3 heteroatoms. The van der Waals surface area contributed by atoms with Gasteiger partial charge in [0.25, 0.3) is 0 Å². The van der Waals surface area contributed by atoms with Crippen LogP contribution in [0.1, 0.15) is 28.9 Å². The van der Waals surface area contributed by atoms with E-state index in [0.29, 0.717) is 0 Å². The quantitative estimate of drug-likeness (QED) is 0.593. The van der Waals surface area contributed by atoms with Crippen LogP contribution in [0.3, 0.4) is 0 Å². The lowest BCUT2D eigenvalue weighted by Crippen LogP contribution is -2.12. The summed E-state index contributed by atoms with van der Waals surface area (Å²) in [7, 11) is 0. The van der Waals surface area contributed by atoms with Crippen molar-refractivity contribution in [1.82, 2.24) is 10.3 Å². The monoisotopic (exact) mass is 224 g/mol. The molecule has 1 aromatic heterocycles. The number of hydrogen-bond donors (Lipinski definition) is 1. The van der Waals surface area contributed by atoms with Crippen molar-refractivity contribution < 1.29 is 0 Å². The van der Waals surface area contributed by atoms with Gasteiger partial charge in [0.1, 0.15) is 0 Å². The maximum absolute atomic E-state index is 4.50. The Hall–Kier alpha value is -0.670. The molecule has 1 rings (SSSR count). The van der Waals surface area contributed by atoms with Gasteiger partial charge in [-0.05, 0) is 33.4 Å². The van der Waals surface area contributed by atoms with Gasteiger partial charge in [0.05, 0.1) is 10.7 Å². The topological polar surface area (TPSA) is 24.9 Å². The third-order valence-electron chi connectivity index (χ3n) is 2.27. The largest absolute Gasteiger partial charge is 0.317 e. The Morgan fingerprint density at radius 2 is 2.13 bits per heavy atom. The molecule has 1 heterocycles. The molecule has 0 saturated carbocycles. The second kappa shape index (κ2) is 6.75. The molecule has 2 nitrogen and oxygen atoms in total. The zero-order valence-corrected chi connectivity index (χ0v) is 10.7. The van der Waals surface area contributed by atoms with Crippen molar-refractivity contribution >= 4 is 11.3 Å². The van der Waals surface area contributed by atoms with Crippen LogP contribution in [0.2, 0.25) is 0 Å². The standard InChI is InChI=1S/C12H20N2S/c1-4-13-9-7-5-6-8-12-14-10(2)11(3)15-12/h5-6,13H,4,7-9H2,1-3H3. The van der Waals surface area contributed by atoms with Gasteiger partial charge in [-0.1, -0.05) is 19.1 Å². The van der Waals surface area contributed by atoms with Gasteiger partial charge in [-0.3, -0.25) is 0 Å². The van der Waals surface area contributed by atoms with Crippen molar-refractivity contribution in [2.75, 3.05) is 13.1 Å². The molecule has 0 fully saturated rings. The third kappa shape index (κ3) is 4.58. The van der Waals surface area contributed by atoms with Gasteiger partial charge < -0.3 is 5.32 Å². The summed E-state index contributed by atoms with van der Waals surface area (Å²) in [5.41, 5.74) is 1.18. The predicted octanol–water partition coefficient (Wildman–Crippen LogP) is 2.86. The highest BCUT2D eigenvalue weighted by molar-refractivity contribution is 7.11. The molecular weight excluding hydrogens is 204 g/mol. The average molecular weight is 224 g/mol. The highest BCUT2D eigenvalue weighted by atomic mass is 32.1. The maximum Gasteiger partial charge on any atom is 0.0968 e. The lowest BCUT2D eigenvalue weighted by Gasteiger charge is -1.94. The van der Waals surface area contributed by atoms with Crippen LogP contribution >= 0.6 is 11.3 Å². The lowest BCUT2D eigenvalue weighted by molar-refractivity contribution is 0.726. The molecule has 15 heavy (non-hydrogen) atoms. The first-order valence-corrected chi connectivity index (χ1v) is 6.34. The molecule has 0 bridgehead atoms. The fourth-order valence-electron chi connectivity index (χ4n) is 1.29. The number of aryl methyl sites for hydroxylation is 2. The van der Waals surface area contributed by atoms with E-state index in [4.69, 9.17) is 0 Å². The Morgan fingerprint density at radius 1 is 1.33 bits per heavy atom. The highest BCUT2D eigenvalue weighted by Crippen LogP contribution is 2.16. The lowest BCUT2D eigenvalue weighted by atomic mass is 10.3. The molecule has 1 N–H and O–H groups in total. The molecule has 0 aliphatic rings. The van der Waals surface area contributed by atoms with E-state index < -0.39 is 0 Å². The maximum atomic E-state index is 4.50. The number of thiazole rings is 1. The van der Waals surface area contributed by atoms with Crippen LogP contribution < -0.4 is 5.32 Å². The minimum atomic E-state index is 0.978. The molecule has 0 atom stereocenters. The number of hydrogen-bond acceptors (Lipinski definition) is 3. The summed E-state index contributed by atoms with van der Waals surface area (Å²) in [6.07, 6.45) is 6.53. The molecule has 0 aliphatic heterocycles. The summed E-state index contributed by atoms with van der Waals surface area (Å²) in [5, 5.41) is 4.52. The van der Waals surface area contributed by atoms with Crippen LogP contribution in [-0.4, -0.2) is 18.1 Å². The molecule has 0 radical (unpaired) electrons. The normalized spacial score (nSPS) is 11.4. The van der Waals surface area contributed by atoms with Crippen molar-refractivity contribution in [2.24, 2.45) is 0 Å². The number of allylic oxidation sites excluding steroid dienone is 1. The van der Waals surface area contributed by atoms with Gasteiger partial charge in [0.15, 0.2) is 0 Å². The third-order valence-corrected chi connectivity index (χ3v) is 3.36. The summed E-state index contributed by atoms with van der Waals surface area (Å²) in [4.78, 5) is 5.83. The smallest absolute Gasteiger partial charge is 0.0968 e. The van der Waals surface area contributed by atoms with E-state index in [2.05, 4.69) is 43.2 Å². The fourth-order valence-corrected chi connectivity index (χ4v) is 2.20. The van der Waals surface area contributed by atoms with E-state index in [9.17, 15) is 0 Å². The predicted molar refractivity (Wildman–Crippen MR) is 67.6 cm³/mol. The summed E-state index contributed by atoms with van der Waals surface area (Å²) >= 11 is 1.80. The Morgan fingerprint density at radius 3 is 2.73 bits per heavy atom. The Kier molecular flexibility index (Phi) is 5.58. The molecular formula is C12H20N2S. The number of nitrogens with zero attached hydrogens (tertiary/aromatic N) is 1. The number of aromatic nitrogens is 1. The van der Waals surface area contributed by atoms with Crippen molar-refractivity contribution in [2.45, 2.75) is 33.6 Å². The Balaban J connectivity index is 2.24. The molecule has 1 aromatic rings. The van der Waals surface area contributed by atoms with E-state index in [1.807, 2.05) is 0 Å². The zero-order valence-electron chi connectivity index (χ0n) is 9.84. The van der Waals surface area contributed by atoms with Crippen LogP contribution in [-0.2, 0) is 6.42 Å². The van der Waals surface area contributed by atoms with Gasteiger partial charge in [-0.2, -0.15) is 0 Å². The van der Waals surface area contributed by atoms with Crippen LogP contribution in [0.15, 0.2) is 12.2 Å². The Labute approximate surface area is 96.4 Å². The molecule has 0 aromatic carbocycles. The second-order valence-corrected chi connectivity index (χ2v) is 4.85. The second-order valence-electron chi connectivity index (χ2n) is 3.57. The molecule has 0 aliphatic carbocycles. The molecule has 0 saturated heterocycles. The van der Waals surface area contributed by atoms with E-state index >= 15 is 0 Å². The van der Waals surface area contributed by atoms with E-state index in [-0.39, 0.29) is 0 Å². The summed E-state index contributed by atoms with van der Waals surface area (Å²) in [5.74, 6) is 0. The van der Waals surface area contributed by atoms with Crippen molar-refractivity contribution in [3.63, 3.8) is 0 Å². The number of rotatable bonds is 6. The summed E-state index contributed by atoms with van der Waals surface area (Å²) in [6.45, 7) is 8.46. The molecule has 0 amide bonds. The van der Waals surface area contributed by atoms with Gasteiger partial charge in [0.2, 0.25) is 0 Å². The first kappa shape index (κ1) is 12.4. The van der Waals surface area contributed by atoms with Crippen molar-refractivity contribution in [1.29, 1.82) is 0 Å². The van der Waals surface area contributed by atoms with Gasteiger partial charge in [-0.15, -0.1) is 11.3 Å². The van der Waals surface area contributed by atoms with Gasteiger partial charge in [-0.25, -0.2) is 4.98 Å². The summed E-state index contributed by atoms with van der Waals surface area (Å²) < 4.78 is 0. The SMILES string of the molecule is CCNCCC=CCc1nc(C)c(C)s1. The first-order valence-electron chi connectivity index (χ1n) is 5.52. The molecule has 84 valence electrons. The average Bonchev–Trinajstić information content (AvgIpc) is 2.52. The van der Waals surface area contributed by atoms with Crippen molar-refractivity contribution in [3.8, 4) is 0 Å². The van der Waals surface area contributed by atoms with E-state index in [1.165, 1.54) is 15.6 Å². The highest BCUT2D eigenvalue weighted by Gasteiger charge is 2.00. The molecule has 0 unspecified atom stereocenters. The van der Waals surface area contributed by atoms with Gasteiger partial charge in [0, 0.05) is 11.3 Å². The Bertz CT molecular complexity index is 296. The fraction of sp³-hybridized carbons (Fsp3) is 0.583. The minimum Gasteiger partial charge on any atom is -0.317 e. The number of nitrogens with one attached hydrogen (secondary N) is 1. The van der Waals surface area contributed by atoms with E-state index in [1.54, 1.807) is 11.3 Å². The van der Waals surface area contributed by atoms with E-state index in [0.717, 1.165) is 25.9 Å². The molecule has 0 spiro atoms. The van der Waals surface area contributed by atoms with Gasteiger partial charge >= 0.3 is 0 Å². The minimum absolute atomic E-state index is 0.978. The van der Waals surface area contributed by atoms with Crippen molar-refractivity contribution in [3.05, 3.63) is 27.7 Å². The zero-order chi connectivity index (χ0) is 11.1. The first-order chi connectivity index (χ1) is 7.24.